The van der Waals surface area contributed by atoms with Crippen molar-refractivity contribution in [3.8, 4) is 0 Å². The molecule has 1 amide bonds. The molecule has 0 radical (unpaired) electrons. The molecule has 6 nitrogen and oxygen atoms in total. The Balaban J connectivity index is 2.39. The molecule has 0 aromatic carbocycles. The van der Waals surface area contributed by atoms with Gasteiger partial charge >= 0.3 is 0 Å². The summed E-state index contributed by atoms with van der Waals surface area (Å²) in [4.78, 5) is 17.1. The predicted molar refractivity (Wildman–Crippen MR) is 58.5 cm³/mol. The Bertz CT molecular complexity index is 324. The molecule has 88 valence electrons. The van der Waals surface area contributed by atoms with E-state index in [9.17, 15) is 4.79 Å². The van der Waals surface area contributed by atoms with E-state index in [4.69, 9.17) is 5.11 Å². The number of carbonyl (C=O) groups is 1. The third-order valence-corrected chi connectivity index (χ3v) is 2.09. The normalized spacial score (nSPS) is 10.1. The van der Waals surface area contributed by atoms with Gasteiger partial charge in [-0.1, -0.05) is 6.08 Å². The number of amides is 1. The van der Waals surface area contributed by atoms with Crippen LogP contribution in [0.4, 0.5) is 0 Å². The molecule has 1 N–H and O–H groups in total. The maximum Gasteiger partial charge on any atom is 0.224 e. The van der Waals surface area contributed by atoms with Crippen molar-refractivity contribution in [3.63, 3.8) is 0 Å². The highest BCUT2D eigenvalue weighted by atomic mass is 16.3. The molecule has 1 rings (SSSR count). The molecule has 0 saturated heterocycles. The van der Waals surface area contributed by atoms with Gasteiger partial charge in [-0.2, -0.15) is 5.10 Å². The van der Waals surface area contributed by atoms with Crippen LogP contribution in [-0.2, 0) is 11.3 Å². The van der Waals surface area contributed by atoms with Gasteiger partial charge in [-0.05, 0) is 0 Å². The minimum absolute atomic E-state index is 0.0237. The molecule has 0 aliphatic carbocycles. The molecule has 0 unspecified atom stereocenters. The van der Waals surface area contributed by atoms with E-state index in [1.807, 2.05) is 0 Å². The Labute approximate surface area is 94.2 Å². The number of nitrogens with zero attached hydrogens (tertiary/aromatic N) is 4. The Morgan fingerprint density at radius 3 is 3.00 bits per heavy atom. The molecule has 0 aliphatic rings. The summed E-state index contributed by atoms with van der Waals surface area (Å²) >= 11 is 0. The molecule has 16 heavy (non-hydrogen) atoms. The first-order chi connectivity index (χ1) is 7.77. The van der Waals surface area contributed by atoms with Gasteiger partial charge < -0.3 is 10.0 Å². The average molecular weight is 224 g/mol. The second-order valence-corrected chi connectivity index (χ2v) is 3.26. The highest BCUT2D eigenvalue weighted by Crippen LogP contribution is 1.97. The second kappa shape index (κ2) is 6.73. The van der Waals surface area contributed by atoms with Gasteiger partial charge in [0.1, 0.15) is 12.7 Å². The number of aliphatic hydroxyl groups excluding tert-OH is 1. The van der Waals surface area contributed by atoms with Gasteiger partial charge in [-0.3, -0.25) is 9.48 Å². The van der Waals surface area contributed by atoms with E-state index < -0.39 is 0 Å². The van der Waals surface area contributed by atoms with Crippen LogP contribution in [0.2, 0.25) is 0 Å². The van der Waals surface area contributed by atoms with Gasteiger partial charge in [0.15, 0.2) is 0 Å². The summed E-state index contributed by atoms with van der Waals surface area (Å²) in [5.41, 5.74) is 0. The van der Waals surface area contributed by atoms with Gasteiger partial charge in [-0.15, -0.1) is 6.58 Å². The van der Waals surface area contributed by atoms with Crippen molar-refractivity contribution < 1.29 is 9.90 Å². The SMILES string of the molecule is C=CCN(CCO)C(=O)CCn1cncn1. The predicted octanol–water partition coefficient (Wildman–Crippen LogP) is -0.325. The Morgan fingerprint density at radius 2 is 2.44 bits per heavy atom. The molecular weight excluding hydrogens is 208 g/mol. The lowest BCUT2D eigenvalue weighted by Gasteiger charge is -2.19. The number of aliphatic hydroxyl groups is 1. The second-order valence-electron chi connectivity index (χ2n) is 3.26. The molecule has 0 atom stereocenters. The van der Waals surface area contributed by atoms with E-state index in [-0.39, 0.29) is 12.5 Å². The molecule has 0 spiro atoms. The van der Waals surface area contributed by atoms with Crippen molar-refractivity contribution >= 4 is 5.91 Å². The number of aromatic nitrogens is 3. The average Bonchev–Trinajstić information content (AvgIpc) is 2.78. The van der Waals surface area contributed by atoms with Crippen LogP contribution >= 0.6 is 0 Å². The fraction of sp³-hybridized carbons (Fsp3) is 0.500. The number of hydrogen-bond donors (Lipinski definition) is 1. The Morgan fingerprint density at radius 1 is 1.62 bits per heavy atom. The van der Waals surface area contributed by atoms with Gasteiger partial charge in [0.25, 0.3) is 0 Å². The molecule has 1 heterocycles. The van der Waals surface area contributed by atoms with Crippen LogP contribution in [0.3, 0.4) is 0 Å². The largest absolute Gasteiger partial charge is 0.395 e. The van der Waals surface area contributed by atoms with Crippen LogP contribution in [0.25, 0.3) is 0 Å². The van der Waals surface area contributed by atoms with Crippen LogP contribution in [0, 0.1) is 0 Å². The molecule has 1 aromatic heterocycles. The van der Waals surface area contributed by atoms with Crippen molar-refractivity contribution in [2.24, 2.45) is 0 Å². The standard InChI is InChI=1S/C10H16N4O2/c1-2-4-13(6-7-15)10(16)3-5-14-9-11-8-12-14/h2,8-9,15H,1,3-7H2. The van der Waals surface area contributed by atoms with Crippen molar-refractivity contribution in [3.05, 3.63) is 25.3 Å². The maximum atomic E-state index is 11.7. The summed E-state index contributed by atoms with van der Waals surface area (Å²) in [6, 6.07) is 0. The summed E-state index contributed by atoms with van der Waals surface area (Å²) in [7, 11) is 0. The smallest absolute Gasteiger partial charge is 0.224 e. The van der Waals surface area contributed by atoms with Crippen molar-refractivity contribution in [1.29, 1.82) is 0 Å². The lowest BCUT2D eigenvalue weighted by atomic mass is 10.3. The number of carbonyl (C=O) groups excluding carboxylic acids is 1. The summed E-state index contributed by atoms with van der Waals surface area (Å²) in [5, 5.41) is 12.7. The summed E-state index contributed by atoms with van der Waals surface area (Å²) < 4.78 is 1.60. The molecule has 0 aliphatic heterocycles. The van der Waals surface area contributed by atoms with Gasteiger partial charge in [0, 0.05) is 19.5 Å². The van der Waals surface area contributed by atoms with Crippen molar-refractivity contribution in [2.75, 3.05) is 19.7 Å². The highest BCUT2D eigenvalue weighted by Gasteiger charge is 2.11. The van der Waals surface area contributed by atoms with E-state index >= 15 is 0 Å². The first-order valence-corrected chi connectivity index (χ1v) is 5.10. The number of rotatable bonds is 7. The third-order valence-electron chi connectivity index (χ3n) is 2.09. The number of aryl methyl sites for hydroxylation is 1. The van der Waals surface area contributed by atoms with Gasteiger partial charge in [-0.25, -0.2) is 4.98 Å². The van der Waals surface area contributed by atoms with Crippen LogP contribution in [-0.4, -0.2) is 50.4 Å². The minimum Gasteiger partial charge on any atom is -0.395 e. The third kappa shape index (κ3) is 3.82. The zero-order valence-corrected chi connectivity index (χ0v) is 9.12. The fourth-order valence-electron chi connectivity index (χ4n) is 1.31. The molecule has 0 fully saturated rings. The first-order valence-electron chi connectivity index (χ1n) is 5.10. The monoisotopic (exact) mass is 224 g/mol. The van der Waals surface area contributed by atoms with Crippen molar-refractivity contribution in [2.45, 2.75) is 13.0 Å². The van der Waals surface area contributed by atoms with Crippen LogP contribution < -0.4 is 0 Å². The maximum absolute atomic E-state index is 11.7. The zero-order valence-electron chi connectivity index (χ0n) is 9.12. The topological polar surface area (TPSA) is 71.2 Å². The fourth-order valence-corrected chi connectivity index (χ4v) is 1.31. The lowest BCUT2D eigenvalue weighted by molar-refractivity contribution is -0.131. The summed E-state index contributed by atoms with van der Waals surface area (Å²) in [5.74, 6) is -0.0237. The van der Waals surface area contributed by atoms with Crippen LogP contribution in [0.5, 0.6) is 0 Å². The van der Waals surface area contributed by atoms with Gasteiger partial charge in [0.2, 0.25) is 5.91 Å². The summed E-state index contributed by atoms with van der Waals surface area (Å²) in [6.07, 6.45) is 4.98. The number of hydrogen-bond acceptors (Lipinski definition) is 4. The van der Waals surface area contributed by atoms with E-state index in [2.05, 4.69) is 16.7 Å². The van der Waals surface area contributed by atoms with E-state index in [1.165, 1.54) is 6.33 Å². The van der Waals surface area contributed by atoms with Crippen LogP contribution in [0.15, 0.2) is 25.3 Å². The Kier molecular flexibility index (Phi) is 5.21. The van der Waals surface area contributed by atoms with E-state index in [0.29, 0.717) is 26.1 Å². The van der Waals surface area contributed by atoms with E-state index in [1.54, 1.807) is 22.0 Å². The van der Waals surface area contributed by atoms with Crippen molar-refractivity contribution in [1.82, 2.24) is 19.7 Å². The molecule has 1 aromatic rings. The minimum atomic E-state index is -0.0388. The molecule has 0 bridgehead atoms. The molecule has 0 saturated carbocycles. The van der Waals surface area contributed by atoms with Crippen LogP contribution in [0.1, 0.15) is 6.42 Å². The first kappa shape index (κ1) is 12.4. The van der Waals surface area contributed by atoms with Gasteiger partial charge in [0.05, 0.1) is 13.2 Å². The zero-order chi connectivity index (χ0) is 11.8. The molecular formula is C10H16N4O2. The summed E-state index contributed by atoms with van der Waals surface area (Å²) in [6.45, 7) is 4.82. The lowest BCUT2D eigenvalue weighted by Crippen LogP contribution is -2.34. The van der Waals surface area contributed by atoms with E-state index in [0.717, 1.165) is 0 Å². The Hall–Kier alpha value is -1.69. The quantitative estimate of drug-likeness (QED) is 0.644. The molecule has 6 heteroatoms. The highest BCUT2D eigenvalue weighted by molar-refractivity contribution is 5.76.